The molecule has 0 unspecified atom stereocenters. The zero-order chi connectivity index (χ0) is 18.4. The Kier molecular flexibility index (Phi) is 6.08. The Morgan fingerprint density at radius 2 is 1.96 bits per heavy atom. The lowest BCUT2D eigenvalue weighted by Gasteiger charge is -2.07. The number of amides is 1. The van der Waals surface area contributed by atoms with Gasteiger partial charge in [-0.2, -0.15) is 5.10 Å². The van der Waals surface area contributed by atoms with Crippen molar-refractivity contribution in [2.24, 2.45) is 5.10 Å². The minimum Gasteiger partial charge on any atom is -0.484 e. The van der Waals surface area contributed by atoms with E-state index in [0.717, 1.165) is 11.1 Å². The fraction of sp³-hybridized carbons (Fsp3) is 0.176. The van der Waals surface area contributed by atoms with Gasteiger partial charge in [-0.05, 0) is 43.2 Å². The molecule has 2 aromatic rings. The molecule has 0 heterocycles. The van der Waals surface area contributed by atoms with Gasteiger partial charge in [0.05, 0.1) is 11.1 Å². The molecule has 1 amide bonds. The van der Waals surface area contributed by atoms with Crippen LogP contribution in [0.25, 0.3) is 0 Å². The number of nitrogens with zero attached hydrogens (tertiary/aromatic N) is 2. The first kappa shape index (κ1) is 18.4. The highest BCUT2D eigenvalue weighted by molar-refractivity contribution is 6.32. The zero-order valence-corrected chi connectivity index (χ0v) is 14.4. The second-order valence-electron chi connectivity index (χ2n) is 5.37. The second kappa shape index (κ2) is 8.25. The van der Waals surface area contributed by atoms with Crippen molar-refractivity contribution in [3.05, 3.63) is 68.2 Å². The van der Waals surface area contributed by atoms with Crippen LogP contribution in [-0.4, -0.2) is 23.7 Å². The molecule has 0 aliphatic heterocycles. The highest BCUT2D eigenvalue weighted by atomic mass is 35.5. The number of nitro groups is 1. The largest absolute Gasteiger partial charge is 0.484 e. The summed E-state index contributed by atoms with van der Waals surface area (Å²) < 4.78 is 5.41. The van der Waals surface area contributed by atoms with Crippen LogP contribution in [0.5, 0.6) is 5.75 Å². The molecule has 2 aromatic carbocycles. The molecule has 7 nitrogen and oxygen atoms in total. The highest BCUT2D eigenvalue weighted by Gasteiger charge is 2.11. The summed E-state index contributed by atoms with van der Waals surface area (Å²) in [5.74, 6) is 0.156. The maximum Gasteiger partial charge on any atom is 0.288 e. The number of nitrogens with one attached hydrogen (secondary N) is 1. The normalized spacial score (nSPS) is 10.7. The monoisotopic (exact) mass is 361 g/mol. The van der Waals surface area contributed by atoms with Crippen molar-refractivity contribution in [2.45, 2.75) is 13.8 Å². The highest BCUT2D eigenvalue weighted by Crippen LogP contribution is 2.24. The van der Waals surface area contributed by atoms with Crippen molar-refractivity contribution in [3.63, 3.8) is 0 Å². The molecule has 0 radical (unpaired) electrons. The van der Waals surface area contributed by atoms with Crippen LogP contribution in [0, 0.1) is 24.0 Å². The summed E-state index contributed by atoms with van der Waals surface area (Å²) in [6.45, 7) is 3.69. The first-order valence-corrected chi connectivity index (χ1v) is 7.70. The lowest BCUT2D eigenvalue weighted by molar-refractivity contribution is -0.384. The average molecular weight is 362 g/mol. The van der Waals surface area contributed by atoms with Crippen molar-refractivity contribution < 1.29 is 14.5 Å². The Balaban J connectivity index is 1.90. The van der Waals surface area contributed by atoms with Crippen LogP contribution in [0.3, 0.4) is 0 Å². The Morgan fingerprint density at radius 3 is 2.60 bits per heavy atom. The summed E-state index contributed by atoms with van der Waals surface area (Å²) in [6, 6.07) is 9.88. The van der Waals surface area contributed by atoms with E-state index in [4.69, 9.17) is 16.3 Å². The molecule has 1 N–H and O–H groups in total. The first-order valence-electron chi connectivity index (χ1n) is 7.32. The molecule has 0 atom stereocenters. The third kappa shape index (κ3) is 5.58. The molecular weight excluding hydrogens is 346 g/mol. The van der Waals surface area contributed by atoms with E-state index in [0.29, 0.717) is 11.3 Å². The van der Waals surface area contributed by atoms with Crippen molar-refractivity contribution in [2.75, 3.05) is 6.61 Å². The summed E-state index contributed by atoms with van der Waals surface area (Å²) in [6.07, 6.45) is 1.29. The number of ether oxygens (including phenoxy) is 1. The smallest absolute Gasteiger partial charge is 0.288 e. The predicted octanol–water partition coefficient (Wildman–Crippen LogP) is 3.39. The number of benzene rings is 2. The van der Waals surface area contributed by atoms with E-state index in [9.17, 15) is 14.9 Å². The van der Waals surface area contributed by atoms with E-state index in [-0.39, 0.29) is 17.3 Å². The third-order valence-corrected chi connectivity index (χ3v) is 3.45. The summed E-state index contributed by atoms with van der Waals surface area (Å²) in [5, 5.41) is 14.6. The van der Waals surface area contributed by atoms with E-state index in [1.165, 1.54) is 18.3 Å². The van der Waals surface area contributed by atoms with Gasteiger partial charge in [0.2, 0.25) is 0 Å². The Labute approximate surface area is 149 Å². The quantitative estimate of drug-likeness (QED) is 0.484. The van der Waals surface area contributed by atoms with Gasteiger partial charge in [0.25, 0.3) is 11.6 Å². The van der Waals surface area contributed by atoms with Crippen LogP contribution in [0.2, 0.25) is 5.02 Å². The molecule has 0 spiro atoms. The number of hydrogen-bond acceptors (Lipinski definition) is 5. The number of rotatable bonds is 6. The minimum absolute atomic E-state index is 0.0352. The van der Waals surface area contributed by atoms with Gasteiger partial charge in [-0.25, -0.2) is 5.43 Å². The maximum absolute atomic E-state index is 11.7. The van der Waals surface area contributed by atoms with Gasteiger partial charge >= 0.3 is 0 Å². The molecule has 0 aliphatic carbocycles. The summed E-state index contributed by atoms with van der Waals surface area (Å²) in [7, 11) is 0. The van der Waals surface area contributed by atoms with Gasteiger partial charge in [0.1, 0.15) is 10.8 Å². The number of carbonyl (C=O) groups is 1. The molecule has 0 saturated carbocycles. The van der Waals surface area contributed by atoms with E-state index >= 15 is 0 Å². The Hall–Kier alpha value is -2.93. The lowest BCUT2D eigenvalue weighted by atomic mass is 10.1. The molecule has 0 aromatic heterocycles. The summed E-state index contributed by atoms with van der Waals surface area (Å²) in [4.78, 5) is 22.0. The topological polar surface area (TPSA) is 93.8 Å². The molecule has 0 aliphatic rings. The Bertz CT molecular complexity index is 816. The van der Waals surface area contributed by atoms with Gasteiger partial charge in [0, 0.05) is 11.6 Å². The maximum atomic E-state index is 11.7. The summed E-state index contributed by atoms with van der Waals surface area (Å²) in [5.41, 5.74) is 4.59. The van der Waals surface area contributed by atoms with Crippen LogP contribution < -0.4 is 10.2 Å². The fourth-order valence-electron chi connectivity index (χ4n) is 2.13. The molecule has 25 heavy (non-hydrogen) atoms. The molecule has 0 bridgehead atoms. The number of hydrogen-bond donors (Lipinski definition) is 1. The predicted molar refractivity (Wildman–Crippen MR) is 95.3 cm³/mol. The van der Waals surface area contributed by atoms with Crippen LogP contribution in [0.4, 0.5) is 5.69 Å². The van der Waals surface area contributed by atoms with Crippen LogP contribution in [0.15, 0.2) is 41.5 Å². The van der Waals surface area contributed by atoms with Crippen molar-refractivity contribution in [1.82, 2.24) is 5.43 Å². The van der Waals surface area contributed by atoms with Crippen LogP contribution in [0.1, 0.15) is 16.7 Å². The number of halogens is 1. The van der Waals surface area contributed by atoms with Crippen molar-refractivity contribution >= 4 is 29.4 Å². The second-order valence-corrected chi connectivity index (χ2v) is 5.78. The number of nitro benzene ring substituents is 1. The van der Waals surface area contributed by atoms with Crippen LogP contribution in [-0.2, 0) is 4.79 Å². The van der Waals surface area contributed by atoms with Crippen LogP contribution >= 0.6 is 11.6 Å². The standard InChI is InChI=1S/C17H16ClN3O4/c1-11-5-12(2)7-14(6-11)25-10-17(22)20-19-9-13-3-4-15(18)16(8-13)21(23)24/h3-9H,10H2,1-2H3,(H,20,22)/b19-9-. The molecular formula is C17H16ClN3O4. The van der Waals surface area contributed by atoms with Gasteiger partial charge < -0.3 is 4.74 Å². The fourth-order valence-corrected chi connectivity index (χ4v) is 2.31. The number of carbonyl (C=O) groups excluding carboxylic acids is 1. The number of aryl methyl sites for hydroxylation is 2. The van der Waals surface area contributed by atoms with E-state index in [1.54, 1.807) is 6.07 Å². The minimum atomic E-state index is -0.587. The number of hydrazone groups is 1. The average Bonchev–Trinajstić information content (AvgIpc) is 2.53. The van der Waals surface area contributed by atoms with Gasteiger partial charge in [-0.15, -0.1) is 0 Å². The van der Waals surface area contributed by atoms with Gasteiger partial charge in [0.15, 0.2) is 6.61 Å². The molecule has 8 heteroatoms. The zero-order valence-electron chi connectivity index (χ0n) is 13.7. The van der Waals surface area contributed by atoms with Crippen molar-refractivity contribution in [1.29, 1.82) is 0 Å². The van der Waals surface area contributed by atoms with Gasteiger partial charge in [-0.3, -0.25) is 14.9 Å². The molecule has 0 saturated heterocycles. The van der Waals surface area contributed by atoms with Crippen molar-refractivity contribution in [3.8, 4) is 5.75 Å². The lowest BCUT2D eigenvalue weighted by Crippen LogP contribution is -2.24. The molecule has 2 rings (SSSR count). The van der Waals surface area contributed by atoms with E-state index in [2.05, 4.69) is 10.5 Å². The molecule has 130 valence electrons. The van der Waals surface area contributed by atoms with E-state index in [1.807, 2.05) is 32.0 Å². The third-order valence-electron chi connectivity index (χ3n) is 3.13. The van der Waals surface area contributed by atoms with Gasteiger partial charge in [-0.1, -0.05) is 23.7 Å². The first-order chi connectivity index (χ1) is 11.8. The summed E-state index contributed by atoms with van der Waals surface area (Å²) >= 11 is 5.72. The van der Waals surface area contributed by atoms with E-state index < -0.39 is 10.8 Å². The SMILES string of the molecule is Cc1cc(C)cc(OCC(=O)N/N=C\c2ccc(Cl)c([N+](=O)[O-])c2)c1. The molecule has 0 fully saturated rings. The Morgan fingerprint density at radius 1 is 1.28 bits per heavy atom.